The van der Waals surface area contributed by atoms with Crippen molar-refractivity contribution in [1.29, 1.82) is 0 Å². The zero-order valence-corrected chi connectivity index (χ0v) is 19.0. The quantitative estimate of drug-likeness (QED) is 0.636. The van der Waals surface area contributed by atoms with Crippen LogP contribution in [-0.2, 0) is 27.3 Å². The van der Waals surface area contributed by atoms with Gasteiger partial charge in [-0.25, -0.2) is 4.79 Å². The minimum atomic E-state index is -0.955. The molecule has 8 heteroatoms. The van der Waals surface area contributed by atoms with Crippen LogP contribution in [0.5, 0.6) is 0 Å². The lowest BCUT2D eigenvalue weighted by Gasteiger charge is -2.44. The molecule has 2 aromatic carbocycles. The topological polar surface area (TPSA) is 90.0 Å². The first-order chi connectivity index (χ1) is 16.0. The lowest BCUT2D eigenvalue weighted by molar-refractivity contribution is -0.162. The Bertz CT molecular complexity index is 1040. The molecule has 3 fully saturated rings. The molecule has 33 heavy (non-hydrogen) atoms. The van der Waals surface area contributed by atoms with E-state index in [1.165, 1.54) is 10.5 Å². The zero-order valence-electron chi connectivity index (χ0n) is 18.2. The molecule has 3 heterocycles. The van der Waals surface area contributed by atoms with Gasteiger partial charge in [0.05, 0.1) is 11.2 Å². The van der Waals surface area contributed by atoms with E-state index in [-0.39, 0.29) is 23.6 Å². The molecule has 0 aromatic heterocycles. The number of nitrogens with zero attached hydrogens (tertiary/aromatic N) is 2. The van der Waals surface area contributed by atoms with Gasteiger partial charge in [-0.3, -0.25) is 14.5 Å². The largest absolute Gasteiger partial charge is 0.480 e. The molecule has 3 saturated heterocycles. The Morgan fingerprint density at radius 3 is 2.21 bits per heavy atom. The second-order valence-electron chi connectivity index (χ2n) is 9.03. The molecule has 5 rings (SSSR count). The number of hydrogen-bond donors (Lipinski definition) is 2. The Hall–Kier alpha value is -2.84. The second-order valence-corrected chi connectivity index (χ2v) is 10.6. The summed E-state index contributed by atoms with van der Waals surface area (Å²) in [4.78, 5) is 41.5. The molecule has 0 bridgehead atoms. The molecule has 1 spiro atoms. The number of hydrogen-bond acceptors (Lipinski definition) is 5. The highest BCUT2D eigenvalue weighted by Crippen LogP contribution is 2.55. The molecule has 3 atom stereocenters. The van der Waals surface area contributed by atoms with Crippen LogP contribution >= 0.6 is 11.8 Å². The normalized spacial score (nSPS) is 26.0. The van der Waals surface area contributed by atoms with Crippen molar-refractivity contribution >= 4 is 29.5 Å². The van der Waals surface area contributed by atoms with Crippen molar-refractivity contribution in [3.8, 4) is 0 Å². The number of amides is 2. The van der Waals surface area contributed by atoms with E-state index in [0.717, 1.165) is 25.2 Å². The highest BCUT2D eigenvalue weighted by molar-refractivity contribution is 8.01. The Kier molecular flexibility index (Phi) is 5.88. The minimum absolute atomic E-state index is 0.198. The first-order valence-electron chi connectivity index (χ1n) is 11.3. The van der Waals surface area contributed by atoms with Crippen LogP contribution in [0.3, 0.4) is 0 Å². The van der Waals surface area contributed by atoms with Crippen LogP contribution in [0.2, 0.25) is 0 Å². The fraction of sp³-hybridized carbons (Fsp3) is 0.400. The van der Waals surface area contributed by atoms with Crippen LogP contribution in [0.4, 0.5) is 0 Å². The molecule has 3 aliphatic heterocycles. The third-order valence-electron chi connectivity index (χ3n) is 6.92. The number of rotatable bonds is 6. The number of β-lactam (4-membered cyclic amide) rings is 1. The molecule has 0 aliphatic carbocycles. The van der Waals surface area contributed by atoms with E-state index < -0.39 is 22.8 Å². The van der Waals surface area contributed by atoms with E-state index in [1.807, 2.05) is 48.5 Å². The van der Waals surface area contributed by atoms with Crippen molar-refractivity contribution in [2.24, 2.45) is 0 Å². The van der Waals surface area contributed by atoms with Gasteiger partial charge in [-0.2, -0.15) is 0 Å². The summed E-state index contributed by atoms with van der Waals surface area (Å²) in [7, 11) is 0. The molecular weight excluding hydrogens is 438 g/mol. The number of carbonyl (C=O) groups excluding carboxylic acids is 2. The first kappa shape index (κ1) is 22.0. The maximum Gasteiger partial charge on any atom is 0.327 e. The fourth-order valence-corrected chi connectivity index (χ4v) is 7.15. The molecule has 7 nitrogen and oxygen atoms in total. The Morgan fingerprint density at radius 1 is 1.00 bits per heavy atom. The average molecular weight is 466 g/mol. The summed E-state index contributed by atoms with van der Waals surface area (Å²) in [6.45, 7) is 2.40. The van der Waals surface area contributed by atoms with Gasteiger partial charge in [0.1, 0.15) is 17.5 Å². The number of carboxylic acids is 1. The van der Waals surface area contributed by atoms with Crippen LogP contribution in [0.15, 0.2) is 60.7 Å². The highest BCUT2D eigenvalue weighted by Gasteiger charge is 2.67. The summed E-state index contributed by atoms with van der Waals surface area (Å²) < 4.78 is -0.516. The smallest absolute Gasteiger partial charge is 0.327 e. The number of benzene rings is 2. The second kappa shape index (κ2) is 8.83. The van der Waals surface area contributed by atoms with Crippen LogP contribution in [0, 0.1) is 0 Å². The molecule has 0 saturated carbocycles. The number of aliphatic carboxylic acids is 1. The summed E-state index contributed by atoms with van der Waals surface area (Å²) in [5, 5.41) is 12.6. The van der Waals surface area contributed by atoms with Gasteiger partial charge >= 0.3 is 5.97 Å². The third kappa shape index (κ3) is 4.13. The molecule has 3 unspecified atom stereocenters. The van der Waals surface area contributed by atoms with Gasteiger partial charge in [-0.15, -0.1) is 11.8 Å². The van der Waals surface area contributed by atoms with E-state index in [4.69, 9.17) is 0 Å². The predicted molar refractivity (Wildman–Crippen MR) is 125 cm³/mol. The maximum absolute atomic E-state index is 12.9. The Balaban J connectivity index is 1.25. The first-order valence-corrected chi connectivity index (χ1v) is 12.2. The van der Waals surface area contributed by atoms with E-state index in [1.54, 1.807) is 11.8 Å². The van der Waals surface area contributed by atoms with Gasteiger partial charge in [-0.1, -0.05) is 60.7 Å². The van der Waals surface area contributed by atoms with Crippen LogP contribution < -0.4 is 5.32 Å². The molecule has 0 radical (unpaired) electrons. The maximum atomic E-state index is 12.9. The van der Waals surface area contributed by atoms with Gasteiger partial charge < -0.3 is 15.3 Å². The van der Waals surface area contributed by atoms with Crippen molar-refractivity contribution in [3.05, 3.63) is 71.8 Å². The van der Waals surface area contributed by atoms with Gasteiger partial charge in [-0.05, 0) is 37.1 Å². The summed E-state index contributed by atoms with van der Waals surface area (Å²) in [5.74, 6) is -1.46. The SMILES string of the molecule is O=C(Cc1ccccc1)NC1C(=O)N2C1SC1(CCN(Cc3ccccc3)CC1)C2C(=O)O. The van der Waals surface area contributed by atoms with E-state index in [0.29, 0.717) is 12.8 Å². The third-order valence-corrected chi connectivity index (χ3v) is 8.76. The minimum Gasteiger partial charge on any atom is -0.480 e. The number of nitrogens with one attached hydrogen (secondary N) is 1. The Labute approximate surface area is 197 Å². The lowest BCUT2D eigenvalue weighted by Crippen LogP contribution is -2.71. The van der Waals surface area contributed by atoms with Crippen molar-refractivity contribution in [1.82, 2.24) is 15.1 Å². The summed E-state index contributed by atoms with van der Waals surface area (Å²) >= 11 is 1.57. The summed E-state index contributed by atoms with van der Waals surface area (Å²) in [6, 6.07) is 18.1. The number of fused-ring (bicyclic) bond motifs is 1. The monoisotopic (exact) mass is 465 g/mol. The fourth-order valence-electron chi connectivity index (χ4n) is 5.25. The molecule has 2 aromatic rings. The van der Waals surface area contributed by atoms with Crippen LogP contribution in [-0.4, -0.2) is 68.0 Å². The average Bonchev–Trinajstić information content (AvgIpc) is 3.12. The zero-order chi connectivity index (χ0) is 23.0. The number of thioether (sulfide) groups is 1. The van der Waals surface area contributed by atoms with Gasteiger partial charge in [0, 0.05) is 6.54 Å². The van der Waals surface area contributed by atoms with Gasteiger partial charge in [0.15, 0.2) is 0 Å². The van der Waals surface area contributed by atoms with E-state index in [9.17, 15) is 19.5 Å². The van der Waals surface area contributed by atoms with Crippen molar-refractivity contribution in [3.63, 3.8) is 0 Å². The molecule has 2 amide bonds. The van der Waals surface area contributed by atoms with Crippen LogP contribution in [0.25, 0.3) is 0 Å². The van der Waals surface area contributed by atoms with Crippen LogP contribution in [0.1, 0.15) is 24.0 Å². The van der Waals surface area contributed by atoms with Gasteiger partial charge in [0.2, 0.25) is 11.8 Å². The summed E-state index contributed by atoms with van der Waals surface area (Å²) in [6.07, 6.45) is 1.60. The van der Waals surface area contributed by atoms with Crippen molar-refractivity contribution < 1.29 is 19.5 Å². The number of likely N-dealkylation sites (tertiary alicyclic amines) is 1. The van der Waals surface area contributed by atoms with Crippen molar-refractivity contribution in [2.75, 3.05) is 13.1 Å². The molecule has 172 valence electrons. The molecule has 2 N–H and O–H groups in total. The molecule has 3 aliphatic rings. The standard InChI is InChI=1S/C25H27N3O4S/c29-19(15-17-7-3-1-4-8-17)26-20-22(30)28-21(24(31)32)25(33-23(20)28)11-13-27(14-12-25)16-18-9-5-2-6-10-18/h1-10,20-21,23H,11-16H2,(H,26,29)(H,31,32). The van der Waals surface area contributed by atoms with E-state index >= 15 is 0 Å². The Morgan fingerprint density at radius 2 is 1.61 bits per heavy atom. The summed E-state index contributed by atoms with van der Waals surface area (Å²) in [5.41, 5.74) is 2.12. The predicted octanol–water partition coefficient (Wildman–Crippen LogP) is 2.12. The molecular formula is C25H27N3O4S. The van der Waals surface area contributed by atoms with E-state index in [2.05, 4.69) is 22.3 Å². The number of piperidine rings is 1. The number of carbonyl (C=O) groups is 3. The highest BCUT2D eigenvalue weighted by atomic mass is 32.2. The van der Waals surface area contributed by atoms with Gasteiger partial charge in [0.25, 0.3) is 0 Å². The lowest BCUT2D eigenvalue weighted by atomic mass is 9.85. The van der Waals surface area contributed by atoms with Crippen molar-refractivity contribution in [2.45, 2.75) is 48.0 Å². The number of carboxylic acid groups (broad SMARTS) is 1.